The molecule has 3 amide bonds. The summed E-state index contributed by atoms with van der Waals surface area (Å²) in [5, 5.41) is 2.76. The van der Waals surface area contributed by atoms with Crippen LogP contribution in [0.4, 0.5) is 10.2 Å². The minimum Gasteiger partial charge on any atom is -0.364 e. The van der Waals surface area contributed by atoms with Crippen LogP contribution >= 0.6 is 0 Å². The highest BCUT2D eigenvalue weighted by Gasteiger charge is 2.33. The van der Waals surface area contributed by atoms with Gasteiger partial charge in [0.05, 0.1) is 6.04 Å². The molecule has 1 atom stereocenters. The summed E-state index contributed by atoms with van der Waals surface area (Å²) in [4.78, 5) is 48.3. The number of nitrogens with zero attached hydrogens (tertiary/aromatic N) is 4. The lowest BCUT2D eigenvalue weighted by atomic mass is 10.0. The first-order chi connectivity index (χ1) is 19.8. The second kappa shape index (κ2) is 11.4. The van der Waals surface area contributed by atoms with Gasteiger partial charge in [-0.15, -0.1) is 0 Å². The lowest BCUT2D eigenvalue weighted by Crippen LogP contribution is -2.39. The lowest BCUT2D eigenvalue weighted by molar-refractivity contribution is -0.129. The van der Waals surface area contributed by atoms with Crippen molar-refractivity contribution in [1.82, 2.24) is 19.5 Å². The molecule has 41 heavy (non-hydrogen) atoms. The fourth-order valence-electron chi connectivity index (χ4n) is 4.99. The largest absolute Gasteiger partial charge is 0.364 e. The molecule has 1 aliphatic rings. The molecule has 1 saturated heterocycles. The van der Waals surface area contributed by atoms with E-state index in [0.29, 0.717) is 35.7 Å². The molecule has 4 aromatic rings. The summed E-state index contributed by atoms with van der Waals surface area (Å²) in [5.74, 6) is 5.22. The second-order valence-corrected chi connectivity index (χ2v) is 9.62. The van der Waals surface area contributed by atoms with Gasteiger partial charge in [0.1, 0.15) is 17.3 Å². The van der Waals surface area contributed by atoms with Gasteiger partial charge in [-0.05, 0) is 72.9 Å². The first-order valence-electron chi connectivity index (χ1n) is 13.0. The first-order valence-corrected chi connectivity index (χ1v) is 13.0. The number of carbonyl (C=O) groups is 3. The average molecular weight is 554 g/mol. The van der Waals surface area contributed by atoms with E-state index >= 15 is 0 Å². The standard InChI is InChI=1S/C30H28FN7O3/c1-2-25(39)37-16-4-3-5-23(37)29-36-26(27(28(32)40)38(29)33)19-6-8-20(9-7-19)30(41)35-24-17-21(14-15-34-24)18-10-12-22(31)13-11-18/h2,6-15,17,23H,1,3-5,16,33H2,(H2,32,40)(H,34,35,41)/t23-/m0/s1. The van der Waals surface area contributed by atoms with E-state index in [9.17, 15) is 18.8 Å². The van der Waals surface area contributed by atoms with Crippen molar-refractivity contribution in [3.05, 3.63) is 102 Å². The third-order valence-corrected chi connectivity index (χ3v) is 7.03. The van der Waals surface area contributed by atoms with Gasteiger partial charge in [-0.25, -0.2) is 19.0 Å². The molecule has 0 unspecified atom stereocenters. The van der Waals surface area contributed by atoms with E-state index in [4.69, 9.17) is 11.6 Å². The number of rotatable bonds is 7. The van der Waals surface area contributed by atoms with Crippen LogP contribution in [0.3, 0.4) is 0 Å². The van der Waals surface area contributed by atoms with Crippen molar-refractivity contribution in [2.45, 2.75) is 25.3 Å². The fourth-order valence-corrected chi connectivity index (χ4v) is 4.99. The Morgan fingerprint density at radius 1 is 1.00 bits per heavy atom. The quantitative estimate of drug-likeness (QED) is 0.232. The summed E-state index contributed by atoms with van der Waals surface area (Å²) in [6.45, 7) is 4.10. The second-order valence-electron chi connectivity index (χ2n) is 9.62. The normalized spacial score (nSPS) is 14.9. The molecule has 0 radical (unpaired) electrons. The molecule has 1 aliphatic heterocycles. The maximum absolute atomic E-state index is 13.3. The Kier molecular flexibility index (Phi) is 7.59. The smallest absolute Gasteiger partial charge is 0.269 e. The van der Waals surface area contributed by atoms with E-state index in [1.807, 2.05) is 0 Å². The van der Waals surface area contributed by atoms with Gasteiger partial charge in [0, 0.05) is 23.9 Å². The first kappa shape index (κ1) is 27.3. The summed E-state index contributed by atoms with van der Waals surface area (Å²) in [6.07, 6.45) is 5.13. The Morgan fingerprint density at radius 3 is 2.39 bits per heavy atom. The summed E-state index contributed by atoms with van der Waals surface area (Å²) >= 11 is 0. The number of benzene rings is 2. The van der Waals surface area contributed by atoms with Gasteiger partial charge in [-0.3, -0.25) is 14.4 Å². The van der Waals surface area contributed by atoms with Gasteiger partial charge in [-0.1, -0.05) is 30.8 Å². The van der Waals surface area contributed by atoms with Crippen molar-refractivity contribution in [1.29, 1.82) is 0 Å². The Balaban J connectivity index is 1.39. The molecular formula is C30H28FN7O3. The predicted molar refractivity (Wildman–Crippen MR) is 152 cm³/mol. The summed E-state index contributed by atoms with van der Waals surface area (Å²) in [6, 6.07) is 15.5. The molecule has 3 heterocycles. The van der Waals surface area contributed by atoms with Gasteiger partial charge < -0.3 is 21.8 Å². The van der Waals surface area contributed by atoms with Crippen LogP contribution in [0.2, 0.25) is 0 Å². The van der Waals surface area contributed by atoms with Gasteiger partial charge in [0.15, 0.2) is 11.5 Å². The van der Waals surface area contributed by atoms with E-state index in [1.54, 1.807) is 59.6 Å². The molecule has 11 heteroatoms. The monoisotopic (exact) mass is 553 g/mol. The molecule has 5 rings (SSSR count). The molecule has 10 nitrogen and oxygen atoms in total. The van der Waals surface area contributed by atoms with Gasteiger partial charge in [-0.2, -0.15) is 0 Å². The Labute approximate surface area is 235 Å². The van der Waals surface area contributed by atoms with Crippen molar-refractivity contribution in [3.63, 3.8) is 0 Å². The van der Waals surface area contributed by atoms with Crippen molar-refractivity contribution < 1.29 is 18.8 Å². The van der Waals surface area contributed by atoms with Crippen LogP contribution in [0.5, 0.6) is 0 Å². The average Bonchev–Trinajstić information content (AvgIpc) is 3.34. The van der Waals surface area contributed by atoms with E-state index in [1.165, 1.54) is 18.2 Å². The zero-order chi connectivity index (χ0) is 29.1. The van der Waals surface area contributed by atoms with Crippen LogP contribution in [-0.2, 0) is 4.79 Å². The van der Waals surface area contributed by atoms with Crippen LogP contribution in [0.1, 0.15) is 52.0 Å². The maximum Gasteiger partial charge on any atom is 0.269 e. The third-order valence-electron chi connectivity index (χ3n) is 7.03. The number of hydrogen-bond donors (Lipinski definition) is 3. The molecule has 208 valence electrons. The molecule has 0 bridgehead atoms. The number of hydrogen-bond acceptors (Lipinski definition) is 6. The lowest BCUT2D eigenvalue weighted by Gasteiger charge is -2.34. The van der Waals surface area contributed by atoms with Crippen LogP contribution in [0.15, 0.2) is 79.5 Å². The number of amides is 3. The van der Waals surface area contributed by atoms with Crippen LogP contribution in [0, 0.1) is 5.82 Å². The van der Waals surface area contributed by atoms with Gasteiger partial charge >= 0.3 is 0 Å². The maximum atomic E-state index is 13.3. The highest BCUT2D eigenvalue weighted by molar-refractivity contribution is 6.04. The Hall–Kier alpha value is -5.32. The van der Waals surface area contributed by atoms with Gasteiger partial charge in [0.25, 0.3) is 11.8 Å². The number of primary amides is 1. The van der Waals surface area contributed by atoms with Crippen molar-refractivity contribution in [3.8, 4) is 22.4 Å². The van der Waals surface area contributed by atoms with E-state index in [-0.39, 0.29) is 23.1 Å². The number of nitrogens with two attached hydrogens (primary N) is 2. The number of imidazole rings is 1. The molecular weight excluding hydrogens is 525 g/mol. The topological polar surface area (TPSA) is 149 Å². The highest BCUT2D eigenvalue weighted by Crippen LogP contribution is 2.33. The Bertz CT molecular complexity index is 1630. The molecule has 2 aromatic carbocycles. The number of nitrogens with one attached hydrogen (secondary N) is 1. The predicted octanol–water partition coefficient (Wildman–Crippen LogP) is 4.06. The minimum atomic E-state index is -0.771. The number of carbonyl (C=O) groups excluding carboxylic acids is 3. The summed E-state index contributed by atoms with van der Waals surface area (Å²) < 4.78 is 14.4. The van der Waals surface area contributed by atoms with Gasteiger partial charge in [0.2, 0.25) is 5.91 Å². The van der Waals surface area contributed by atoms with Crippen LogP contribution in [-0.4, -0.2) is 43.8 Å². The van der Waals surface area contributed by atoms with E-state index in [2.05, 4.69) is 21.9 Å². The number of aromatic nitrogens is 3. The number of likely N-dealkylation sites (tertiary alicyclic amines) is 1. The molecule has 1 fully saturated rings. The third kappa shape index (κ3) is 5.55. The van der Waals surface area contributed by atoms with Crippen LogP contribution in [0.25, 0.3) is 22.4 Å². The molecule has 0 saturated carbocycles. The minimum absolute atomic E-state index is 0.00409. The van der Waals surface area contributed by atoms with Crippen molar-refractivity contribution in [2.24, 2.45) is 5.73 Å². The number of pyridine rings is 1. The van der Waals surface area contributed by atoms with Crippen molar-refractivity contribution in [2.75, 3.05) is 17.7 Å². The van der Waals surface area contributed by atoms with Crippen LogP contribution < -0.4 is 16.9 Å². The fraction of sp³-hybridized carbons (Fsp3) is 0.167. The highest BCUT2D eigenvalue weighted by atomic mass is 19.1. The molecule has 0 aliphatic carbocycles. The summed E-state index contributed by atoms with van der Waals surface area (Å²) in [7, 11) is 0. The molecule has 2 aromatic heterocycles. The molecule has 0 spiro atoms. The zero-order valence-corrected chi connectivity index (χ0v) is 22.1. The molecule has 5 N–H and O–H groups in total. The number of nitrogen functional groups attached to an aromatic ring is 1. The van der Waals surface area contributed by atoms with Crippen molar-refractivity contribution >= 4 is 23.5 Å². The number of anilines is 1. The number of piperidine rings is 1. The Morgan fingerprint density at radius 2 is 1.71 bits per heavy atom. The van der Waals surface area contributed by atoms with E-state index in [0.717, 1.165) is 28.6 Å². The zero-order valence-electron chi connectivity index (χ0n) is 22.1. The van der Waals surface area contributed by atoms with E-state index < -0.39 is 17.9 Å². The number of halogens is 1. The SMILES string of the molecule is C=CC(=O)N1CCCC[C@H]1c1nc(-c2ccc(C(=O)Nc3cc(-c4ccc(F)cc4)ccn3)cc2)c(C(N)=O)n1N. The summed E-state index contributed by atoms with van der Waals surface area (Å²) in [5.41, 5.74) is 8.34.